The van der Waals surface area contributed by atoms with E-state index in [0.29, 0.717) is 12.0 Å². The molecule has 1 aliphatic rings. The van der Waals surface area contributed by atoms with Gasteiger partial charge in [-0.25, -0.2) is 4.98 Å². The second-order valence-corrected chi connectivity index (χ2v) is 6.53. The molecule has 1 aromatic carbocycles. The van der Waals surface area contributed by atoms with Crippen molar-refractivity contribution in [3.63, 3.8) is 0 Å². The smallest absolute Gasteiger partial charge is 0.224 e. The predicted octanol–water partition coefficient (Wildman–Crippen LogP) is 4.75. The molecule has 3 rings (SSSR count). The third-order valence-electron chi connectivity index (χ3n) is 4.11. The van der Waals surface area contributed by atoms with Crippen molar-refractivity contribution < 1.29 is 4.74 Å². The number of ether oxygens (including phenoxy) is 1. The van der Waals surface area contributed by atoms with E-state index in [1.54, 1.807) is 6.20 Å². The lowest BCUT2D eigenvalue weighted by Crippen LogP contribution is -2.23. The van der Waals surface area contributed by atoms with Crippen LogP contribution >= 0.6 is 0 Å². The number of nitrogens with zero attached hydrogens (tertiary/aromatic N) is 2. The molecular weight excluding hydrogens is 300 g/mol. The molecule has 0 saturated heterocycles. The minimum atomic E-state index is 0.127. The molecule has 0 atom stereocenters. The molecule has 1 heterocycles. The maximum atomic E-state index is 5.85. The van der Waals surface area contributed by atoms with Crippen molar-refractivity contribution in [2.24, 2.45) is 0 Å². The molecule has 0 amide bonds. The number of nitrogens with one attached hydrogen (secondary N) is 2. The van der Waals surface area contributed by atoms with Crippen molar-refractivity contribution in [3.05, 3.63) is 36.5 Å². The number of anilines is 3. The zero-order valence-electron chi connectivity index (χ0n) is 14.5. The van der Waals surface area contributed by atoms with Gasteiger partial charge in [-0.05, 0) is 44.9 Å². The van der Waals surface area contributed by atoms with Crippen molar-refractivity contribution in [2.75, 3.05) is 10.6 Å². The van der Waals surface area contributed by atoms with Crippen LogP contribution < -0.4 is 15.4 Å². The highest BCUT2D eigenvalue weighted by Gasteiger charge is 2.14. The molecule has 2 aromatic rings. The maximum absolute atomic E-state index is 5.85. The fourth-order valence-corrected chi connectivity index (χ4v) is 2.99. The van der Waals surface area contributed by atoms with Crippen LogP contribution in [0, 0.1) is 0 Å². The molecule has 5 nitrogen and oxygen atoms in total. The maximum Gasteiger partial charge on any atom is 0.224 e. The Morgan fingerprint density at radius 3 is 2.67 bits per heavy atom. The van der Waals surface area contributed by atoms with Gasteiger partial charge in [-0.2, -0.15) is 4.98 Å². The van der Waals surface area contributed by atoms with Gasteiger partial charge in [-0.15, -0.1) is 0 Å². The number of hydrogen-bond donors (Lipinski definition) is 2. The summed E-state index contributed by atoms with van der Waals surface area (Å²) in [6.45, 7) is 4.04. The largest absolute Gasteiger partial charge is 0.489 e. The standard InChI is InChI=1S/C19H26N4O/c1-14(2)24-17-11-7-6-10-16(17)22-18-12-13-20-19(23-18)21-15-8-4-3-5-9-15/h6-7,10-15H,3-5,8-9H2,1-2H3,(H2,20,21,22,23). The fraction of sp³-hybridized carbons (Fsp3) is 0.474. The van der Waals surface area contributed by atoms with Gasteiger partial charge in [0.05, 0.1) is 11.8 Å². The Hall–Kier alpha value is -2.30. The highest BCUT2D eigenvalue weighted by Crippen LogP contribution is 2.28. The van der Waals surface area contributed by atoms with Crippen LogP contribution in [0.25, 0.3) is 0 Å². The molecule has 128 valence electrons. The van der Waals surface area contributed by atoms with Gasteiger partial charge in [-0.3, -0.25) is 0 Å². The summed E-state index contributed by atoms with van der Waals surface area (Å²) in [6, 6.07) is 10.3. The lowest BCUT2D eigenvalue weighted by molar-refractivity contribution is 0.244. The van der Waals surface area contributed by atoms with E-state index < -0.39 is 0 Å². The van der Waals surface area contributed by atoms with E-state index in [9.17, 15) is 0 Å². The first kappa shape index (κ1) is 16.6. The van der Waals surface area contributed by atoms with Crippen molar-refractivity contribution >= 4 is 17.5 Å². The lowest BCUT2D eigenvalue weighted by atomic mass is 9.96. The van der Waals surface area contributed by atoms with Crippen LogP contribution in [0.2, 0.25) is 0 Å². The number of hydrogen-bond acceptors (Lipinski definition) is 5. The van der Waals surface area contributed by atoms with Crippen LogP contribution in [-0.2, 0) is 0 Å². The average molecular weight is 326 g/mol. The lowest BCUT2D eigenvalue weighted by Gasteiger charge is -2.22. The normalized spacial score (nSPS) is 15.3. The monoisotopic (exact) mass is 326 g/mol. The third kappa shape index (κ3) is 4.60. The Labute approximate surface area is 143 Å². The Bertz CT molecular complexity index is 653. The van der Waals surface area contributed by atoms with Crippen molar-refractivity contribution in [2.45, 2.75) is 58.1 Å². The number of benzene rings is 1. The van der Waals surface area contributed by atoms with Crippen LogP contribution in [0.5, 0.6) is 5.75 Å². The number of aromatic nitrogens is 2. The topological polar surface area (TPSA) is 59.1 Å². The summed E-state index contributed by atoms with van der Waals surface area (Å²) in [5.41, 5.74) is 0.911. The van der Waals surface area contributed by atoms with Gasteiger partial charge in [0.25, 0.3) is 0 Å². The van der Waals surface area contributed by atoms with Gasteiger partial charge in [0.1, 0.15) is 11.6 Å². The van der Waals surface area contributed by atoms with E-state index in [-0.39, 0.29) is 6.10 Å². The van der Waals surface area contributed by atoms with Crippen molar-refractivity contribution in [3.8, 4) is 5.75 Å². The van der Waals surface area contributed by atoms with Gasteiger partial charge in [0.2, 0.25) is 5.95 Å². The molecule has 0 unspecified atom stereocenters. The molecule has 0 radical (unpaired) electrons. The first-order valence-electron chi connectivity index (χ1n) is 8.83. The van der Waals surface area contributed by atoms with E-state index in [0.717, 1.165) is 17.3 Å². The minimum absolute atomic E-state index is 0.127. The van der Waals surface area contributed by atoms with Crippen LogP contribution in [0.1, 0.15) is 46.0 Å². The molecule has 5 heteroatoms. The summed E-state index contributed by atoms with van der Waals surface area (Å²) in [7, 11) is 0. The quantitative estimate of drug-likeness (QED) is 0.802. The fourth-order valence-electron chi connectivity index (χ4n) is 2.99. The Morgan fingerprint density at radius 2 is 1.88 bits per heavy atom. The zero-order chi connectivity index (χ0) is 16.8. The average Bonchev–Trinajstić information content (AvgIpc) is 2.57. The van der Waals surface area contributed by atoms with Gasteiger partial charge < -0.3 is 15.4 Å². The minimum Gasteiger partial charge on any atom is -0.489 e. The van der Waals surface area contributed by atoms with Crippen LogP contribution in [0.4, 0.5) is 17.5 Å². The molecule has 1 fully saturated rings. The van der Waals surface area contributed by atoms with Crippen LogP contribution in [-0.4, -0.2) is 22.1 Å². The van der Waals surface area contributed by atoms with Crippen molar-refractivity contribution in [1.82, 2.24) is 9.97 Å². The van der Waals surface area contributed by atoms with Crippen LogP contribution in [0.15, 0.2) is 36.5 Å². The molecule has 1 saturated carbocycles. The molecule has 1 aromatic heterocycles. The van der Waals surface area contributed by atoms with Crippen molar-refractivity contribution in [1.29, 1.82) is 0 Å². The Morgan fingerprint density at radius 1 is 1.08 bits per heavy atom. The molecule has 24 heavy (non-hydrogen) atoms. The number of para-hydroxylation sites is 2. The number of rotatable bonds is 6. The van der Waals surface area contributed by atoms with E-state index in [1.807, 2.05) is 44.2 Å². The molecule has 2 N–H and O–H groups in total. The van der Waals surface area contributed by atoms with Gasteiger partial charge in [0.15, 0.2) is 0 Å². The highest BCUT2D eigenvalue weighted by molar-refractivity contribution is 5.64. The van der Waals surface area contributed by atoms with Gasteiger partial charge in [0, 0.05) is 12.2 Å². The molecule has 1 aliphatic carbocycles. The summed E-state index contributed by atoms with van der Waals surface area (Å²) < 4.78 is 5.85. The predicted molar refractivity (Wildman–Crippen MR) is 98.0 cm³/mol. The summed E-state index contributed by atoms with van der Waals surface area (Å²) in [4.78, 5) is 8.95. The van der Waals surface area contributed by atoms with Crippen LogP contribution in [0.3, 0.4) is 0 Å². The van der Waals surface area contributed by atoms with E-state index >= 15 is 0 Å². The Balaban J connectivity index is 1.70. The summed E-state index contributed by atoms with van der Waals surface area (Å²) in [5, 5.41) is 6.80. The van der Waals surface area contributed by atoms with Gasteiger partial charge >= 0.3 is 0 Å². The summed E-state index contributed by atoms with van der Waals surface area (Å²) in [6.07, 6.45) is 8.23. The summed E-state index contributed by atoms with van der Waals surface area (Å²) in [5.74, 6) is 2.28. The summed E-state index contributed by atoms with van der Waals surface area (Å²) >= 11 is 0. The van der Waals surface area contributed by atoms with E-state index in [4.69, 9.17) is 4.74 Å². The second-order valence-electron chi connectivity index (χ2n) is 6.53. The molecule has 0 bridgehead atoms. The SMILES string of the molecule is CC(C)Oc1ccccc1Nc1ccnc(NC2CCCCC2)n1. The highest BCUT2D eigenvalue weighted by atomic mass is 16.5. The second kappa shape index (κ2) is 7.99. The Kier molecular flexibility index (Phi) is 5.51. The van der Waals surface area contributed by atoms with E-state index in [1.165, 1.54) is 32.1 Å². The van der Waals surface area contributed by atoms with Gasteiger partial charge in [-0.1, -0.05) is 31.4 Å². The third-order valence-corrected chi connectivity index (χ3v) is 4.11. The molecular formula is C19H26N4O. The molecule has 0 spiro atoms. The first-order chi connectivity index (χ1) is 11.7. The zero-order valence-corrected chi connectivity index (χ0v) is 14.5. The van der Waals surface area contributed by atoms with E-state index in [2.05, 4.69) is 20.6 Å². The molecule has 0 aliphatic heterocycles. The first-order valence-corrected chi connectivity index (χ1v) is 8.83.